The van der Waals surface area contributed by atoms with Gasteiger partial charge in [0.15, 0.2) is 5.82 Å². The largest absolute Gasteiger partial charge is 0.342 e. The van der Waals surface area contributed by atoms with Crippen LogP contribution in [0.1, 0.15) is 34.7 Å². The monoisotopic (exact) mass is 249 g/mol. The van der Waals surface area contributed by atoms with Crippen molar-refractivity contribution < 1.29 is 9.18 Å². The Morgan fingerprint density at radius 3 is 2.94 bits per heavy atom. The number of hydrogen-bond donors (Lipinski definition) is 2. The van der Waals surface area contributed by atoms with Gasteiger partial charge in [0.25, 0.3) is 5.91 Å². The number of hydrogen-bond acceptors (Lipinski definition) is 4. The van der Waals surface area contributed by atoms with E-state index < -0.39 is 11.9 Å². The fourth-order valence-corrected chi connectivity index (χ4v) is 1.53. The molecule has 2 N–H and O–H groups in total. The van der Waals surface area contributed by atoms with E-state index in [1.165, 1.54) is 12.1 Å². The molecule has 0 saturated heterocycles. The number of halogens is 1. The molecule has 7 heteroatoms. The van der Waals surface area contributed by atoms with Crippen molar-refractivity contribution in [1.82, 2.24) is 25.9 Å². The SMILES string of the molecule is Cc1ccc(F)cc1C(=O)NC(C)c1nn[nH]n1. The van der Waals surface area contributed by atoms with Gasteiger partial charge in [-0.1, -0.05) is 11.3 Å². The maximum atomic E-state index is 13.1. The van der Waals surface area contributed by atoms with E-state index in [1.807, 2.05) is 0 Å². The van der Waals surface area contributed by atoms with Crippen molar-refractivity contribution in [3.63, 3.8) is 0 Å². The third-order valence-electron chi connectivity index (χ3n) is 2.54. The van der Waals surface area contributed by atoms with Gasteiger partial charge in [0.1, 0.15) is 5.82 Å². The van der Waals surface area contributed by atoms with Crippen LogP contribution in [0.15, 0.2) is 18.2 Å². The molecule has 0 saturated carbocycles. The first-order valence-electron chi connectivity index (χ1n) is 5.38. The van der Waals surface area contributed by atoms with Crippen LogP contribution >= 0.6 is 0 Å². The molecular weight excluding hydrogens is 237 g/mol. The number of carbonyl (C=O) groups excluding carboxylic acids is 1. The van der Waals surface area contributed by atoms with Crippen LogP contribution in [0.4, 0.5) is 4.39 Å². The van der Waals surface area contributed by atoms with Crippen molar-refractivity contribution in [2.24, 2.45) is 0 Å². The van der Waals surface area contributed by atoms with Gasteiger partial charge >= 0.3 is 0 Å². The molecular formula is C11H12FN5O. The lowest BCUT2D eigenvalue weighted by Gasteiger charge is -2.11. The van der Waals surface area contributed by atoms with Crippen molar-refractivity contribution in [3.8, 4) is 0 Å². The zero-order valence-corrected chi connectivity index (χ0v) is 9.94. The highest BCUT2D eigenvalue weighted by molar-refractivity contribution is 5.95. The zero-order chi connectivity index (χ0) is 13.1. The summed E-state index contributed by atoms with van der Waals surface area (Å²) in [5.74, 6) is -0.445. The van der Waals surface area contributed by atoms with Gasteiger partial charge in [0.2, 0.25) is 0 Å². The minimum Gasteiger partial charge on any atom is -0.342 e. The number of rotatable bonds is 3. The molecule has 1 aromatic heterocycles. The molecule has 94 valence electrons. The number of nitrogens with one attached hydrogen (secondary N) is 2. The van der Waals surface area contributed by atoms with Crippen LogP contribution in [0.2, 0.25) is 0 Å². The molecule has 0 aliphatic carbocycles. The van der Waals surface area contributed by atoms with Crippen LogP contribution in [0.3, 0.4) is 0 Å². The average Bonchev–Trinajstić information content (AvgIpc) is 2.85. The lowest BCUT2D eigenvalue weighted by atomic mass is 10.1. The molecule has 18 heavy (non-hydrogen) atoms. The minimum atomic E-state index is -0.446. The van der Waals surface area contributed by atoms with Gasteiger partial charge in [-0.3, -0.25) is 4.79 Å². The molecule has 0 spiro atoms. The van der Waals surface area contributed by atoms with E-state index in [0.29, 0.717) is 17.0 Å². The highest BCUT2D eigenvalue weighted by Crippen LogP contribution is 2.12. The zero-order valence-electron chi connectivity index (χ0n) is 9.94. The van der Waals surface area contributed by atoms with Crippen LogP contribution in [-0.4, -0.2) is 26.5 Å². The number of tetrazole rings is 1. The Morgan fingerprint density at radius 1 is 1.50 bits per heavy atom. The summed E-state index contributed by atoms with van der Waals surface area (Å²) in [5.41, 5.74) is 1.000. The van der Waals surface area contributed by atoms with Crippen molar-refractivity contribution in [2.75, 3.05) is 0 Å². The van der Waals surface area contributed by atoms with E-state index in [2.05, 4.69) is 25.9 Å². The summed E-state index contributed by atoms with van der Waals surface area (Å²) >= 11 is 0. The number of carbonyl (C=O) groups is 1. The standard InChI is InChI=1S/C11H12FN5O/c1-6-3-4-8(12)5-9(6)11(18)13-7(2)10-14-16-17-15-10/h3-5,7H,1-2H3,(H,13,18)(H,14,15,16,17). The molecule has 0 radical (unpaired) electrons. The molecule has 2 aromatic rings. The minimum absolute atomic E-state index is 0.297. The van der Waals surface area contributed by atoms with Gasteiger partial charge in [-0.05, 0) is 31.5 Å². The fourth-order valence-electron chi connectivity index (χ4n) is 1.53. The lowest BCUT2D eigenvalue weighted by Crippen LogP contribution is -2.28. The number of aromatic amines is 1. The Kier molecular flexibility index (Phi) is 3.31. The van der Waals surface area contributed by atoms with Crippen molar-refractivity contribution in [1.29, 1.82) is 0 Å². The number of aromatic nitrogens is 4. The summed E-state index contributed by atoms with van der Waals surface area (Å²) in [6.45, 7) is 3.46. The third-order valence-corrected chi connectivity index (χ3v) is 2.54. The van der Waals surface area contributed by atoms with Gasteiger partial charge in [-0.2, -0.15) is 5.21 Å². The van der Waals surface area contributed by atoms with Gasteiger partial charge < -0.3 is 5.32 Å². The van der Waals surface area contributed by atoms with Gasteiger partial charge in [0.05, 0.1) is 6.04 Å². The first kappa shape index (κ1) is 12.2. The van der Waals surface area contributed by atoms with E-state index in [1.54, 1.807) is 19.9 Å². The van der Waals surface area contributed by atoms with Crippen molar-refractivity contribution in [2.45, 2.75) is 19.9 Å². The Bertz CT molecular complexity index is 555. The summed E-state index contributed by atoms with van der Waals surface area (Å²) in [7, 11) is 0. The van der Waals surface area contributed by atoms with Gasteiger partial charge in [0, 0.05) is 5.56 Å². The highest BCUT2D eigenvalue weighted by atomic mass is 19.1. The normalized spacial score (nSPS) is 12.2. The van der Waals surface area contributed by atoms with E-state index in [9.17, 15) is 9.18 Å². The van der Waals surface area contributed by atoms with E-state index in [0.717, 1.165) is 0 Å². The molecule has 2 rings (SSSR count). The Labute approximate surface area is 103 Å². The highest BCUT2D eigenvalue weighted by Gasteiger charge is 2.16. The molecule has 1 unspecified atom stereocenters. The molecule has 1 aromatic carbocycles. The number of amides is 1. The average molecular weight is 249 g/mol. The first-order chi connectivity index (χ1) is 8.58. The molecule has 1 atom stereocenters. The molecule has 0 aliphatic rings. The quantitative estimate of drug-likeness (QED) is 0.854. The van der Waals surface area contributed by atoms with Crippen molar-refractivity contribution >= 4 is 5.91 Å². The Balaban J connectivity index is 2.15. The van der Waals surface area contributed by atoms with Gasteiger partial charge in [-0.25, -0.2) is 4.39 Å². The van der Waals surface area contributed by atoms with Crippen LogP contribution in [0, 0.1) is 12.7 Å². The van der Waals surface area contributed by atoms with Gasteiger partial charge in [-0.15, -0.1) is 10.2 Å². The number of benzene rings is 1. The fraction of sp³-hybridized carbons (Fsp3) is 0.273. The molecule has 0 fully saturated rings. The predicted octanol–water partition coefficient (Wildman–Crippen LogP) is 1.14. The summed E-state index contributed by atoms with van der Waals surface area (Å²) < 4.78 is 13.1. The maximum Gasteiger partial charge on any atom is 0.252 e. The second-order valence-corrected chi connectivity index (χ2v) is 3.92. The smallest absolute Gasteiger partial charge is 0.252 e. The first-order valence-corrected chi connectivity index (χ1v) is 5.38. The van der Waals surface area contributed by atoms with Crippen molar-refractivity contribution in [3.05, 3.63) is 41.0 Å². The Morgan fingerprint density at radius 2 is 2.28 bits per heavy atom. The second kappa shape index (κ2) is 4.91. The van der Waals surface area contributed by atoms with Crippen LogP contribution in [0.25, 0.3) is 0 Å². The Hall–Kier alpha value is -2.31. The third kappa shape index (κ3) is 2.50. The summed E-state index contributed by atoms with van der Waals surface area (Å²) in [6.07, 6.45) is 0. The van der Waals surface area contributed by atoms with E-state index in [4.69, 9.17) is 0 Å². The van der Waals surface area contributed by atoms with E-state index >= 15 is 0 Å². The topological polar surface area (TPSA) is 83.6 Å². The molecule has 0 aliphatic heterocycles. The van der Waals surface area contributed by atoms with Crippen LogP contribution in [0.5, 0.6) is 0 Å². The maximum absolute atomic E-state index is 13.1. The number of aryl methyl sites for hydroxylation is 1. The molecule has 6 nitrogen and oxygen atoms in total. The lowest BCUT2D eigenvalue weighted by molar-refractivity contribution is 0.0937. The summed E-state index contributed by atoms with van der Waals surface area (Å²) in [6, 6.07) is 3.67. The van der Waals surface area contributed by atoms with Crippen LogP contribution < -0.4 is 5.32 Å². The van der Waals surface area contributed by atoms with Crippen LogP contribution in [-0.2, 0) is 0 Å². The number of H-pyrrole nitrogens is 1. The summed E-state index contributed by atoms with van der Waals surface area (Å²) in [5, 5.41) is 15.9. The van der Waals surface area contributed by atoms with E-state index in [-0.39, 0.29) is 5.91 Å². The number of nitrogens with zero attached hydrogens (tertiary/aromatic N) is 3. The molecule has 1 amide bonds. The molecule has 1 heterocycles. The molecule has 0 bridgehead atoms. The second-order valence-electron chi connectivity index (χ2n) is 3.92. The summed E-state index contributed by atoms with van der Waals surface area (Å²) in [4.78, 5) is 12.0. The predicted molar refractivity (Wildman–Crippen MR) is 61.2 cm³/mol.